The molecule has 0 saturated carbocycles. The molecule has 0 fully saturated rings. The molecule has 2 heteroatoms. The van der Waals surface area contributed by atoms with Crippen LogP contribution in [0.15, 0.2) is 53.4 Å². The zero-order valence-electron chi connectivity index (χ0n) is 12.2. The number of aryl methyl sites for hydroxylation is 1. The van der Waals surface area contributed by atoms with Crippen LogP contribution in [0.5, 0.6) is 0 Å². The fourth-order valence-electron chi connectivity index (χ4n) is 2.77. The van der Waals surface area contributed by atoms with Gasteiger partial charge in [-0.25, -0.2) is 0 Å². The van der Waals surface area contributed by atoms with Crippen LogP contribution in [0.1, 0.15) is 16.7 Å². The Hall–Kier alpha value is -1.25. The highest BCUT2D eigenvalue weighted by molar-refractivity contribution is 8.00. The van der Waals surface area contributed by atoms with E-state index in [2.05, 4.69) is 67.4 Å². The molecule has 1 heterocycles. The van der Waals surface area contributed by atoms with Crippen LogP contribution in [-0.4, -0.2) is 23.7 Å². The summed E-state index contributed by atoms with van der Waals surface area (Å²) in [5, 5.41) is 0.697. The van der Waals surface area contributed by atoms with Crippen LogP contribution in [0, 0.1) is 6.92 Å². The van der Waals surface area contributed by atoms with Gasteiger partial charge in [-0.3, -0.25) is 0 Å². The first-order chi connectivity index (χ1) is 9.70. The van der Waals surface area contributed by atoms with Crippen molar-refractivity contribution in [2.75, 3.05) is 13.6 Å². The zero-order valence-corrected chi connectivity index (χ0v) is 13.0. The molecule has 0 aliphatic carbocycles. The normalized spacial score (nSPS) is 17.4. The van der Waals surface area contributed by atoms with E-state index in [1.54, 1.807) is 0 Å². The lowest BCUT2D eigenvalue weighted by atomic mass is 10.1. The maximum Gasteiger partial charge on any atom is 0.0263 e. The molecule has 0 saturated heterocycles. The lowest BCUT2D eigenvalue weighted by Crippen LogP contribution is -2.26. The van der Waals surface area contributed by atoms with Gasteiger partial charge in [-0.15, -0.1) is 11.8 Å². The van der Waals surface area contributed by atoms with Crippen molar-refractivity contribution in [1.29, 1.82) is 0 Å². The molecule has 2 aromatic carbocycles. The van der Waals surface area contributed by atoms with Crippen LogP contribution >= 0.6 is 11.8 Å². The van der Waals surface area contributed by atoms with Gasteiger partial charge in [0.2, 0.25) is 0 Å². The van der Waals surface area contributed by atoms with Gasteiger partial charge in [0.15, 0.2) is 0 Å². The summed E-state index contributed by atoms with van der Waals surface area (Å²) >= 11 is 2.04. The van der Waals surface area contributed by atoms with Gasteiger partial charge in [0.25, 0.3) is 0 Å². The van der Waals surface area contributed by atoms with Crippen molar-refractivity contribution < 1.29 is 0 Å². The molecule has 104 valence electrons. The van der Waals surface area contributed by atoms with E-state index in [-0.39, 0.29) is 0 Å². The molecule has 2 aromatic rings. The van der Waals surface area contributed by atoms with Crippen LogP contribution in [0.4, 0.5) is 0 Å². The second kappa shape index (κ2) is 6.02. The van der Waals surface area contributed by atoms with E-state index >= 15 is 0 Å². The van der Waals surface area contributed by atoms with Crippen LogP contribution in [-0.2, 0) is 13.0 Å². The Morgan fingerprint density at radius 3 is 2.60 bits per heavy atom. The monoisotopic (exact) mass is 283 g/mol. The molecular weight excluding hydrogens is 262 g/mol. The predicted octanol–water partition coefficient (Wildman–Crippen LogP) is 4.14. The quantitative estimate of drug-likeness (QED) is 0.829. The Labute approximate surface area is 126 Å². The Balaban J connectivity index is 1.55. The van der Waals surface area contributed by atoms with Crippen molar-refractivity contribution in [2.24, 2.45) is 0 Å². The molecule has 0 N–H and O–H groups in total. The number of benzene rings is 2. The van der Waals surface area contributed by atoms with Gasteiger partial charge in [0.05, 0.1) is 0 Å². The third-order valence-corrected chi connectivity index (χ3v) is 5.10. The Morgan fingerprint density at radius 1 is 1.10 bits per heavy atom. The molecule has 0 amide bonds. The molecule has 0 aromatic heterocycles. The molecule has 1 aliphatic heterocycles. The number of rotatable bonds is 4. The number of thioether (sulfide) groups is 1. The van der Waals surface area contributed by atoms with E-state index < -0.39 is 0 Å². The van der Waals surface area contributed by atoms with Crippen molar-refractivity contribution in [3.63, 3.8) is 0 Å². The average molecular weight is 283 g/mol. The van der Waals surface area contributed by atoms with E-state index in [1.165, 1.54) is 28.0 Å². The second-order valence-electron chi connectivity index (χ2n) is 5.73. The first-order valence-electron chi connectivity index (χ1n) is 7.19. The molecule has 1 aliphatic rings. The minimum absolute atomic E-state index is 0.697. The first-order valence-corrected chi connectivity index (χ1v) is 8.07. The number of hydrogen-bond donors (Lipinski definition) is 0. The van der Waals surface area contributed by atoms with Gasteiger partial charge >= 0.3 is 0 Å². The summed E-state index contributed by atoms with van der Waals surface area (Å²) in [5.74, 6) is 0. The maximum atomic E-state index is 2.44. The van der Waals surface area contributed by atoms with Crippen molar-refractivity contribution in [2.45, 2.75) is 30.0 Å². The second-order valence-corrected chi connectivity index (χ2v) is 7.08. The third-order valence-electron chi connectivity index (χ3n) is 3.80. The summed E-state index contributed by atoms with van der Waals surface area (Å²) < 4.78 is 0. The third kappa shape index (κ3) is 3.25. The minimum atomic E-state index is 0.697. The maximum absolute atomic E-state index is 2.44. The number of fused-ring (bicyclic) bond motifs is 1. The Morgan fingerprint density at radius 2 is 1.85 bits per heavy atom. The van der Waals surface area contributed by atoms with Crippen molar-refractivity contribution >= 4 is 11.8 Å². The van der Waals surface area contributed by atoms with Crippen LogP contribution in [0.2, 0.25) is 0 Å². The molecule has 0 spiro atoms. The zero-order chi connectivity index (χ0) is 13.9. The summed E-state index contributed by atoms with van der Waals surface area (Å²) in [6.07, 6.45) is 1.21. The van der Waals surface area contributed by atoms with E-state index in [0.29, 0.717) is 5.25 Å². The smallest absolute Gasteiger partial charge is 0.0263 e. The summed E-state index contributed by atoms with van der Waals surface area (Å²) in [6, 6.07) is 17.7. The van der Waals surface area contributed by atoms with E-state index in [4.69, 9.17) is 0 Å². The molecule has 0 bridgehead atoms. The van der Waals surface area contributed by atoms with Crippen LogP contribution in [0.25, 0.3) is 0 Å². The molecule has 1 nitrogen and oxygen atoms in total. The summed E-state index contributed by atoms with van der Waals surface area (Å²) in [6.45, 7) is 4.32. The Kier molecular flexibility index (Phi) is 4.13. The fraction of sp³-hybridized carbons (Fsp3) is 0.333. The fourth-order valence-corrected chi connectivity index (χ4v) is 4.18. The van der Waals surface area contributed by atoms with Crippen molar-refractivity contribution in [3.8, 4) is 0 Å². The SMILES string of the molecule is Cc1ccc(CN(C)CC2Cc3ccccc3S2)cc1. The van der Waals surface area contributed by atoms with Crippen LogP contribution < -0.4 is 0 Å². The molecule has 1 unspecified atom stereocenters. The molecule has 1 atom stereocenters. The van der Waals surface area contributed by atoms with Gasteiger partial charge in [-0.05, 0) is 37.6 Å². The van der Waals surface area contributed by atoms with Gasteiger partial charge in [-0.1, -0.05) is 48.0 Å². The van der Waals surface area contributed by atoms with Gasteiger partial charge in [0.1, 0.15) is 0 Å². The highest BCUT2D eigenvalue weighted by Gasteiger charge is 2.22. The van der Waals surface area contributed by atoms with Crippen molar-refractivity contribution in [3.05, 3.63) is 65.2 Å². The number of nitrogens with zero attached hydrogens (tertiary/aromatic N) is 1. The van der Waals surface area contributed by atoms with E-state index in [9.17, 15) is 0 Å². The lowest BCUT2D eigenvalue weighted by molar-refractivity contribution is 0.327. The molecular formula is C18H21NS. The molecule has 3 rings (SSSR count). The first kappa shape index (κ1) is 13.7. The predicted molar refractivity (Wildman–Crippen MR) is 87.3 cm³/mol. The topological polar surface area (TPSA) is 3.24 Å². The minimum Gasteiger partial charge on any atom is -0.301 e. The van der Waals surface area contributed by atoms with E-state index in [1.807, 2.05) is 11.8 Å². The average Bonchev–Trinajstić information content (AvgIpc) is 2.83. The molecule has 0 radical (unpaired) electrons. The summed E-state index contributed by atoms with van der Waals surface area (Å²) in [5.41, 5.74) is 4.25. The highest BCUT2D eigenvalue weighted by Crippen LogP contribution is 2.36. The Bertz CT molecular complexity index is 551. The number of hydrogen-bond acceptors (Lipinski definition) is 2. The highest BCUT2D eigenvalue weighted by atomic mass is 32.2. The van der Waals surface area contributed by atoms with Crippen LogP contribution in [0.3, 0.4) is 0 Å². The summed E-state index contributed by atoms with van der Waals surface area (Å²) in [4.78, 5) is 3.91. The van der Waals surface area contributed by atoms with E-state index in [0.717, 1.165) is 13.1 Å². The van der Waals surface area contributed by atoms with Gasteiger partial charge in [0, 0.05) is 23.2 Å². The standard InChI is InChI=1S/C18H21NS/c1-14-7-9-15(10-8-14)12-19(2)13-17-11-16-5-3-4-6-18(16)20-17/h3-10,17H,11-13H2,1-2H3. The largest absolute Gasteiger partial charge is 0.301 e. The van der Waals surface area contributed by atoms with Crippen molar-refractivity contribution in [1.82, 2.24) is 4.90 Å². The lowest BCUT2D eigenvalue weighted by Gasteiger charge is -2.20. The summed E-state index contributed by atoms with van der Waals surface area (Å²) in [7, 11) is 2.23. The molecule has 20 heavy (non-hydrogen) atoms. The van der Waals surface area contributed by atoms with Gasteiger partial charge in [-0.2, -0.15) is 0 Å². The van der Waals surface area contributed by atoms with Gasteiger partial charge < -0.3 is 4.90 Å².